The van der Waals surface area contributed by atoms with Crippen LogP contribution in [0.25, 0.3) is 11.4 Å². The zero-order valence-corrected chi connectivity index (χ0v) is 15.2. The molecule has 0 atom stereocenters. The third kappa shape index (κ3) is 3.15. The van der Waals surface area contributed by atoms with Gasteiger partial charge in [0.05, 0.1) is 27.8 Å². The summed E-state index contributed by atoms with van der Waals surface area (Å²) in [6.07, 6.45) is 0. The van der Waals surface area contributed by atoms with Crippen LogP contribution in [0.3, 0.4) is 0 Å². The number of rotatable bonds is 2. The summed E-state index contributed by atoms with van der Waals surface area (Å²) in [6.45, 7) is 2.73. The highest BCUT2D eigenvalue weighted by Crippen LogP contribution is 2.34. The molecule has 3 heterocycles. The molecule has 1 N–H and O–H groups in total. The van der Waals surface area contributed by atoms with Crippen LogP contribution in [-0.2, 0) is 21.3 Å². The van der Waals surface area contributed by atoms with Gasteiger partial charge < -0.3 is 10.2 Å². The maximum Gasteiger partial charge on any atom is 0.164 e. The van der Waals surface area contributed by atoms with Crippen molar-refractivity contribution in [3.05, 3.63) is 40.0 Å². The second-order valence-corrected chi connectivity index (χ2v) is 8.78. The van der Waals surface area contributed by atoms with Gasteiger partial charge in [-0.25, -0.2) is 27.2 Å². The summed E-state index contributed by atoms with van der Waals surface area (Å²) < 4.78 is 52.3. The highest BCUT2D eigenvalue weighted by molar-refractivity contribution is 7.90. The first kappa shape index (κ1) is 17.6. The van der Waals surface area contributed by atoms with Crippen LogP contribution < -0.4 is 10.2 Å². The van der Waals surface area contributed by atoms with Gasteiger partial charge in [-0.2, -0.15) is 0 Å². The fraction of sp³-hybridized carbons (Fsp3) is 0.375. The van der Waals surface area contributed by atoms with E-state index >= 15 is 0 Å². The average Bonchev–Trinajstić information content (AvgIpc) is 2.91. The fourth-order valence-electron chi connectivity index (χ4n) is 3.22. The Morgan fingerprint density at radius 2 is 1.81 bits per heavy atom. The SMILES string of the molecule is O=S1(=O)Cc2nc(-c3cc(F)c(Cl)cc3F)nc(N3CCNCC3)c2C1. The topological polar surface area (TPSA) is 75.2 Å². The Kier molecular flexibility index (Phi) is 4.32. The van der Waals surface area contributed by atoms with Crippen LogP contribution in [0.5, 0.6) is 0 Å². The average molecular weight is 401 g/mol. The van der Waals surface area contributed by atoms with Gasteiger partial charge in [-0.1, -0.05) is 11.6 Å². The minimum Gasteiger partial charge on any atom is -0.354 e. The maximum absolute atomic E-state index is 14.3. The van der Waals surface area contributed by atoms with E-state index in [1.807, 2.05) is 4.90 Å². The molecule has 2 aliphatic rings. The number of benzene rings is 1. The van der Waals surface area contributed by atoms with E-state index in [9.17, 15) is 17.2 Å². The lowest BCUT2D eigenvalue weighted by Crippen LogP contribution is -2.44. The van der Waals surface area contributed by atoms with Crippen molar-refractivity contribution in [2.75, 3.05) is 31.1 Å². The van der Waals surface area contributed by atoms with Gasteiger partial charge >= 0.3 is 0 Å². The molecule has 1 aromatic heterocycles. The van der Waals surface area contributed by atoms with Crippen LogP contribution in [0.2, 0.25) is 5.02 Å². The summed E-state index contributed by atoms with van der Waals surface area (Å²) in [7, 11) is -3.32. The number of fused-ring (bicyclic) bond motifs is 1. The normalized spacial score (nSPS) is 18.8. The van der Waals surface area contributed by atoms with Crippen molar-refractivity contribution in [2.24, 2.45) is 0 Å². The lowest BCUT2D eigenvalue weighted by Gasteiger charge is -2.30. The summed E-state index contributed by atoms with van der Waals surface area (Å²) in [5, 5.41) is 2.87. The van der Waals surface area contributed by atoms with Crippen LogP contribution in [0.1, 0.15) is 11.3 Å². The molecule has 2 aromatic rings. The van der Waals surface area contributed by atoms with Gasteiger partial charge in [0, 0.05) is 31.7 Å². The number of piperazine rings is 1. The molecule has 0 aliphatic carbocycles. The Labute approximate surface area is 154 Å². The number of sulfone groups is 1. The van der Waals surface area contributed by atoms with Gasteiger partial charge in [0.15, 0.2) is 15.7 Å². The van der Waals surface area contributed by atoms with E-state index in [4.69, 9.17) is 11.6 Å². The minimum absolute atomic E-state index is 0.0394. The number of halogens is 3. The summed E-state index contributed by atoms with van der Waals surface area (Å²) in [6, 6.07) is 1.80. The predicted octanol–water partition coefficient (Wildman–Crippen LogP) is 1.91. The lowest BCUT2D eigenvalue weighted by molar-refractivity contribution is 0.582. The Morgan fingerprint density at radius 1 is 1.08 bits per heavy atom. The second kappa shape index (κ2) is 6.40. The van der Waals surface area contributed by atoms with Gasteiger partial charge in [0.2, 0.25) is 0 Å². The van der Waals surface area contributed by atoms with Crippen LogP contribution >= 0.6 is 11.6 Å². The van der Waals surface area contributed by atoms with Gasteiger partial charge in [0.1, 0.15) is 17.5 Å². The number of nitrogens with one attached hydrogen (secondary N) is 1. The Morgan fingerprint density at radius 3 is 2.54 bits per heavy atom. The van der Waals surface area contributed by atoms with E-state index in [0.717, 1.165) is 25.2 Å². The van der Waals surface area contributed by atoms with E-state index in [1.54, 1.807) is 0 Å². The number of hydrogen-bond donors (Lipinski definition) is 1. The summed E-state index contributed by atoms with van der Waals surface area (Å²) in [4.78, 5) is 10.6. The smallest absolute Gasteiger partial charge is 0.164 e. The van der Waals surface area contributed by atoms with E-state index in [0.29, 0.717) is 30.2 Å². The molecule has 0 radical (unpaired) electrons. The molecule has 0 saturated carbocycles. The first-order valence-electron chi connectivity index (χ1n) is 8.05. The maximum atomic E-state index is 14.3. The minimum atomic E-state index is -3.32. The number of aromatic nitrogens is 2. The molecule has 1 saturated heterocycles. The zero-order chi connectivity index (χ0) is 18.5. The van der Waals surface area contributed by atoms with Crippen molar-refractivity contribution < 1.29 is 17.2 Å². The highest BCUT2D eigenvalue weighted by atomic mass is 35.5. The van der Waals surface area contributed by atoms with Crippen molar-refractivity contribution in [3.8, 4) is 11.4 Å². The van der Waals surface area contributed by atoms with Crippen molar-refractivity contribution in [1.82, 2.24) is 15.3 Å². The Bertz CT molecular complexity index is 994. The van der Waals surface area contributed by atoms with Gasteiger partial charge in [-0.15, -0.1) is 0 Å². The zero-order valence-electron chi connectivity index (χ0n) is 13.6. The molecule has 26 heavy (non-hydrogen) atoms. The molecule has 6 nitrogen and oxygen atoms in total. The summed E-state index contributed by atoms with van der Waals surface area (Å²) >= 11 is 5.61. The first-order chi connectivity index (χ1) is 12.3. The van der Waals surface area contributed by atoms with Crippen LogP contribution in [0.4, 0.5) is 14.6 Å². The first-order valence-corrected chi connectivity index (χ1v) is 10.2. The van der Waals surface area contributed by atoms with Crippen LogP contribution in [-0.4, -0.2) is 44.6 Å². The molecule has 1 aromatic carbocycles. The van der Waals surface area contributed by atoms with E-state index < -0.39 is 21.5 Å². The molecule has 138 valence electrons. The highest BCUT2D eigenvalue weighted by Gasteiger charge is 2.33. The fourth-order valence-corrected chi connectivity index (χ4v) is 4.86. The molecule has 10 heteroatoms. The standard InChI is InChI=1S/C16H15ClF2N4O2S/c17-11-6-12(18)9(5-13(11)19)15-21-14-8-26(24,25)7-10(14)16(22-15)23-3-1-20-2-4-23/h5-6,20H,1-4,7-8H2. The van der Waals surface area contributed by atoms with E-state index in [-0.39, 0.29) is 27.9 Å². The number of hydrogen-bond acceptors (Lipinski definition) is 6. The van der Waals surface area contributed by atoms with E-state index in [1.165, 1.54) is 0 Å². The quantitative estimate of drug-likeness (QED) is 0.776. The Hall–Kier alpha value is -1.84. The van der Waals surface area contributed by atoms with Crippen molar-refractivity contribution in [1.29, 1.82) is 0 Å². The lowest BCUT2D eigenvalue weighted by atomic mass is 10.1. The third-order valence-corrected chi connectivity index (χ3v) is 6.19. The molecular weight excluding hydrogens is 386 g/mol. The van der Waals surface area contributed by atoms with Crippen molar-refractivity contribution >= 4 is 27.3 Å². The molecule has 0 bridgehead atoms. The molecule has 1 fully saturated rings. The van der Waals surface area contributed by atoms with Gasteiger partial charge in [-0.05, 0) is 12.1 Å². The predicted molar refractivity (Wildman–Crippen MR) is 93.8 cm³/mol. The number of nitrogens with zero attached hydrogens (tertiary/aromatic N) is 3. The van der Waals surface area contributed by atoms with Crippen molar-refractivity contribution in [3.63, 3.8) is 0 Å². The van der Waals surface area contributed by atoms with Crippen LogP contribution in [0.15, 0.2) is 12.1 Å². The monoisotopic (exact) mass is 400 g/mol. The summed E-state index contributed by atoms with van der Waals surface area (Å²) in [5.74, 6) is -1.48. The van der Waals surface area contributed by atoms with Crippen molar-refractivity contribution in [2.45, 2.75) is 11.5 Å². The molecule has 0 amide bonds. The summed E-state index contributed by atoms with van der Waals surface area (Å²) in [5.41, 5.74) is 0.749. The molecule has 2 aliphatic heterocycles. The molecule has 0 unspecified atom stereocenters. The van der Waals surface area contributed by atoms with Gasteiger partial charge in [-0.3, -0.25) is 0 Å². The number of anilines is 1. The molecule has 4 rings (SSSR count). The molecule has 0 spiro atoms. The largest absolute Gasteiger partial charge is 0.354 e. The molecular formula is C16H15ClF2N4O2S. The van der Waals surface area contributed by atoms with E-state index in [2.05, 4.69) is 15.3 Å². The van der Waals surface area contributed by atoms with Crippen LogP contribution in [0, 0.1) is 11.6 Å². The third-order valence-electron chi connectivity index (χ3n) is 4.46. The Balaban J connectivity index is 1.89. The second-order valence-electron chi connectivity index (χ2n) is 6.31. The van der Waals surface area contributed by atoms with Gasteiger partial charge in [0.25, 0.3) is 0 Å².